The summed E-state index contributed by atoms with van der Waals surface area (Å²) in [4.78, 5) is 0. The van der Waals surface area contributed by atoms with E-state index in [2.05, 4.69) is 59.0 Å². The van der Waals surface area contributed by atoms with Crippen molar-refractivity contribution in [3.63, 3.8) is 0 Å². The Bertz CT molecular complexity index is 610. The first-order valence-corrected chi connectivity index (χ1v) is 7.87. The van der Waals surface area contributed by atoms with Gasteiger partial charge in [0.05, 0.1) is 0 Å². The van der Waals surface area contributed by atoms with E-state index >= 15 is 0 Å². The highest BCUT2D eigenvalue weighted by molar-refractivity contribution is 9.10. The van der Waals surface area contributed by atoms with E-state index < -0.39 is 0 Å². The molecule has 0 aromatic heterocycles. The Hall–Kier alpha value is -1.74. The van der Waals surface area contributed by atoms with Crippen LogP contribution in [0.4, 0.5) is 5.69 Å². The second kappa shape index (κ2) is 7.89. The zero-order valence-electron chi connectivity index (χ0n) is 12.2. The molecule has 110 valence electrons. The molecule has 3 heteroatoms. The van der Waals surface area contributed by atoms with Crippen molar-refractivity contribution in [2.45, 2.75) is 19.9 Å². The molecular weight excluding hydrogens is 326 g/mol. The number of ether oxygens (including phenoxy) is 1. The minimum Gasteiger partial charge on any atom is -0.489 e. The van der Waals surface area contributed by atoms with Crippen molar-refractivity contribution in [1.82, 2.24) is 0 Å². The molecule has 21 heavy (non-hydrogen) atoms. The average molecular weight is 346 g/mol. The molecule has 0 amide bonds. The average Bonchev–Trinajstić information content (AvgIpc) is 2.52. The van der Waals surface area contributed by atoms with Crippen LogP contribution in [0.3, 0.4) is 0 Å². The van der Waals surface area contributed by atoms with Crippen LogP contribution in [-0.4, -0.2) is 6.61 Å². The number of halogens is 1. The van der Waals surface area contributed by atoms with E-state index in [4.69, 9.17) is 4.74 Å². The summed E-state index contributed by atoms with van der Waals surface area (Å²) in [6.45, 7) is 7.11. The molecule has 1 N–H and O–H groups in total. The van der Waals surface area contributed by atoms with Gasteiger partial charge in [-0.15, -0.1) is 0 Å². The molecule has 0 aliphatic carbocycles. The highest BCUT2D eigenvalue weighted by Crippen LogP contribution is 2.24. The van der Waals surface area contributed by atoms with Gasteiger partial charge in [-0.1, -0.05) is 53.7 Å². The zero-order valence-corrected chi connectivity index (χ0v) is 13.8. The van der Waals surface area contributed by atoms with Crippen LogP contribution in [0.2, 0.25) is 0 Å². The van der Waals surface area contributed by atoms with Crippen LogP contribution in [0, 0.1) is 0 Å². The Kier molecular flexibility index (Phi) is 5.88. The number of aryl methyl sites for hydroxylation is 1. The summed E-state index contributed by atoms with van der Waals surface area (Å²) in [5.41, 5.74) is 3.61. The maximum absolute atomic E-state index is 5.68. The summed E-state index contributed by atoms with van der Waals surface area (Å²) in [5.74, 6) is 0.903. The molecule has 0 heterocycles. The van der Waals surface area contributed by atoms with Crippen LogP contribution >= 0.6 is 15.9 Å². The summed E-state index contributed by atoms with van der Waals surface area (Å²) in [6, 6.07) is 14.4. The van der Waals surface area contributed by atoms with Crippen molar-refractivity contribution in [2.75, 3.05) is 11.9 Å². The lowest BCUT2D eigenvalue weighted by Gasteiger charge is -2.14. The van der Waals surface area contributed by atoms with Crippen molar-refractivity contribution < 1.29 is 4.74 Å². The smallest absolute Gasteiger partial charge is 0.124 e. The van der Waals surface area contributed by atoms with Gasteiger partial charge in [0.1, 0.15) is 12.4 Å². The van der Waals surface area contributed by atoms with Gasteiger partial charge in [-0.05, 0) is 36.2 Å². The lowest BCUT2D eigenvalue weighted by molar-refractivity contribution is 0.359. The van der Waals surface area contributed by atoms with Crippen molar-refractivity contribution in [3.8, 4) is 5.75 Å². The maximum atomic E-state index is 5.68. The molecule has 0 fully saturated rings. The second-order valence-electron chi connectivity index (χ2n) is 4.72. The standard InChI is InChI=1S/C18H20BrNO/c1-3-11-21-18-8-6-5-7-15(18)13-20-17-10-9-16(19)12-14(17)4-2/h3,5-10,12,20H,1,4,11,13H2,2H3. The molecule has 0 aliphatic heterocycles. The Morgan fingerprint density at radius 2 is 2.00 bits per heavy atom. The van der Waals surface area contributed by atoms with Crippen molar-refractivity contribution in [1.29, 1.82) is 0 Å². The van der Waals surface area contributed by atoms with Crippen molar-refractivity contribution >= 4 is 21.6 Å². The Balaban J connectivity index is 2.11. The summed E-state index contributed by atoms with van der Waals surface area (Å²) in [7, 11) is 0. The molecule has 2 nitrogen and oxygen atoms in total. The second-order valence-corrected chi connectivity index (χ2v) is 5.63. The molecule has 0 bridgehead atoms. The number of hydrogen-bond acceptors (Lipinski definition) is 2. The van der Waals surface area contributed by atoms with Gasteiger partial charge >= 0.3 is 0 Å². The molecule has 0 spiro atoms. The molecule has 0 radical (unpaired) electrons. The fourth-order valence-electron chi connectivity index (χ4n) is 2.16. The lowest BCUT2D eigenvalue weighted by Crippen LogP contribution is -2.05. The third kappa shape index (κ3) is 4.36. The van der Waals surface area contributed by atoms with Crippen LogP contribution in [0.25, 0.3) is 0 Å². The molecule has 0 saturated heterocycles. The highest BCUT2D eigenvalue weighted by Gasteiger charge is 2.05. The molecule has 2 rings (SSSR count). The molecule has 0 saturated carbocycles. The Morgan fingerprint density at radius 1 is 1.19 bits per heavy atom. The fourth-order valence-corrected chi connectivity index (χ4v) is 2.57. The van der Waals surface area contributed by atoms with Gasteiger partial charge in [-0.25, -0.2) is 0 Å². The molecular formula is C18H20BrNO. The van der Waals surface area contributed by atoms with E-state index in [1.165, 1.54) is 11.3 Å². The topological polar surface area (TPSA) is 21.3 Å². The van der Waals surface area contributed by atoms with Crippen molar-refractivity contribution in [2.24, 2.45) is 0 Å². The summed E-state index contributed by atoms with van der Waals surface area (Å²) in [5, 5.41) is 3.50. The first-order chi connectivity index (χ1) is 10.2. The predicted molar refractivity (Wildman–Crippen MR) is 93.0 cm³/mol. The number of anilines is 1. The van der Waals surface area contributed by atoms with Crippen LogP contribution in [0.5, 0.6) is 5.75 Å². The minimum atomic E-state index is 0.523. The Labute approximate surface area is 135 Å². The normalized spacial score (nSPS) is 10.2. The summed E-state index contributed by atoms with van der Waals surface area (Å²) < 4.78 is 6.80. The first kappa shape index (κ1) is 15.6. The highest BCUT2D eigenvalue weighted by atomic mass is 79.9. The number of benzene rings is 2. The van der Waals surface area contributed by atoms with Gasteiger partial charge in [-0.3, -0.25) is 0 Å². The van der Waals surface area contributed by atoms with E-state index in [1.54, 1.807) is 6.08 Å². The van der Waals surface area contributed by atoms with E-state index in [1.807, 2.05) is 18.2 Å². The fraction of sp³-hybridized carbons (Fsp3) is 0.222. The van der Waals surface area contributed by atoms with Gasteiger partial charge in [0.15, 0.2) is 0 Å². The van der Waals surface area contributed by atoms with Gasteiger partial charge in [0, 0.05) is 22.3 Å². The predicted octanol–water partition coefficient (Wildman–Crippen LogP) is 5.19. The van der Waals surface area contributed by atoms with Gasteiger partial charge in [-0.2, -0.15) is 0 Å². The SMILES string of the molecule is C=CCOc1ccccc1CNc1ccc(Br)cc1CC. The van der Waals surface area contributed by atoms with E-state index in [0.29, 0.717) is 6.61 Å². The molecule has 0 atom stereocenters. The van der Waals surface area contributed by atoms with Crippen LogP contribution in [0.1, 0.15) is 18.1 Å². The minimum absolute atomic E-state index is 0.523. The van der Waals surface area contributed by atoms with Gasteiger partial charge < -0.3 is 10.1 Å². The monoisotopic (exact) mass is 345 g/mol. The molecule has 2 aromatic rings. The number of nitrogens with one attached hydrogen (secondary N) is 1. The molecule has 2 aromatic carbocycles. The van der Waals surface area contributed by atoms with Crippen LogP contribution in [-0.2, 0) is 13.0 Å². The Morgan fingerprint density at radius 3 is 2.76 bits per heavy atom. The first-order valence-electron chi connectivity index (χ1n) is 7.08. The van der Waals surface area contributed by atoms with E-state index in [0.717, 1.165) is 28.8 Å². The molecule has 0 unspecified atom stereocenters. The zero-order chi connectivity index (χ0) is 15.1. The van der Waals surface area contributed by atoms with Crippen LogP contribution in [0.15, 0.2) is 59.6 Å². The number of hydrogen-bond donors (Lipinski definition) is 1. The maximum Gasteiger partial charge on any atom is 0.124 e. The van der Waals surface area contributed by atoms with Crippen LogP contribution < -0.4 is 10.1 Å². The molecule has 0 aliphatic rings. The number of para-hydroxylation sites is 1. The lowest BCUT2D eigenvalue weighted by atomic mass is 10.1. The van der Waals surface area contributed by atoms with E-state index in [-0.39, 0.29) is 0 Å². The third-order valence-electron chi connectivity index (χ3n) is 3.25. The quantitative estimate of drug-likeness (QED) is 0.697. The third-order valence-corrected chi connectivity index (χ3v) is 3.74. The van der Waals surface area contributed by atoms with Gasteiger partial charge in [0.2, 0.25) is 0 Å². The number of rotatable bonds is 7. The van der Waals surface area contributed by atoms with Gasteiger partial charge in [0.25, 0.3) is 0 Å². The summed E-state index contributed by atoms with van der Waals surface area (Å²) in [6.07, 6.45) is 2.75. The van der Waals surface area contributed by atoms with E-state index in [9.17, 15) is 0 Å². The largest absolute Gasteiger partial charge is 0.489 e. The summed E-state index contributed by atoms with van der Waals surface area (Å²) >= 11 is 3.52. The van der Waals surface area contributed by atoms with Crippen molar-refractivity contribution in [3.05, 3.63) is 70.7 Å².